The molecule has 0 N–H and O–H groups in total. The molecule has 0 bridgehead atoms. The van der Waals surface area contributed by atoms with E-state index in [2.05, 4.69) is 41.0 Å². The number of piperidine rings is 1. The maximum Gasteiger partial charge on any atom is 0.257 e. The van der Waals surface area contributed by atoms with E-state index in [1.807, 2.05) is 11.0 Å². The zero-order valence-corrected chi connectivity index (χ0v) is 18.8. The van der Waals surface area contributed by atoms with Crippen LogP contribution in [-0.4, -0.2) is 75.2 Å². The van der Waals surface area contributed by atoms with Gasteiger partial charge in [0.15, 0.2) is 0 Å². The SMILES string of the molecule is COc1ccc(OC)c(C(=O)N2CCCC(N3CCN(c4ccccc4C)CC3)C2)c1. The highest BCUT2D eigenvalue weighted by Gasteiger charge is 2.31. The van der Waals surface area contributed by atoms with Gasteiger partial charge >= 0.3 is 0 Å². The number of carbonyl (C=O) groups excluding carboxylic acids is 1. The van der Waals surface area contributed by atoms with Gasteiger partial charge in [-0.1, -0.05) is 18.2 Å². The Balaban J connectivity index is 1.40. The average molecular weight is 424 g/mol. The van der Waals surface area contributed by atoms with Crippen molar-refractivity contribution in [1.29, 1.82) is 0 Å². The van der Waals surface area contributed by atoms with Crippen molar-refractivity contribution in [1.82, 2.24) is 9.80 Å². The van der Waals surface area contributed by atoms with Gasteiger partial charge in [0.1, 0.15) is 11.5 Å². The fourth-order valence-corrected chi connectivity index (χ4v) is 4.83. The van der Waals surface area contributed by atoms with Gasteiger partial charge in [-0.3, -0.25) is 9.69 Å². The number of hydrogen-bond acceptors (Lipinski definition) is 5. The molecule has 0 aromatic heterocycles. The first kappa shape index (κ1) is 21.5. The van der Waals surface area contributed by atoms with E-state index in [9.17, 15) is 4.79 Å². The van der Waals surface area contributed by atoms with Crippen LogP contribution < -0.4 is 14.4 Å². The second kappa shape index (κ2) is 9.60. The quantitative estimate of drug-likeness (QED) is 0.737. The van der Waals surface area contributed by atoms with Gasteiger partial charge in [-0.15, -0.1) is 0 Å². The maximum atomic E-state index is 13.3. The fraction of sp³-hybridized carbons (Fsp3) is 0.480. The van der Waals surface area contributed by atoms with Gasteiger partial charge in [-0.2, -0.15) is 0 Å². The molecule has 6 heteroatoms. The second-order valence-corrected chi connectivity index (χ2v) is 8.42. The smallest absolute Gasteiger partial charge is 0.257 e. The van der Waals surface area contributed by atoms with E-state index in [1.165, 1.54) is 11.3 Å². The van der Waals surface area contributed by atoms with Gasteiger partial charge in [0.05, 0.1) is 19.8 Å². The number of para-hydroxylation sites is 1. The number of amides is 1. The molecule has 4 rings (SSSR count). The van der Waals surface area contributed by atoms with Crippen LogP contribution in [0, 0.1) is 6.92 Å². The highest BCUT2D eigenvalue weighted by atomic mass is 16.5. The van der Waals surface area contributed by atoms with Crippen LogP contribution in [0.1, 0.15) is 28.8 Å². The Hall–Kier alpha value is -2.73. The van der Waals surface area contributed by atoms with E-state index >= 15 is 0 Å². The molecule has 166 valence electrons. The number of hydrogen-bond donors (Lipinski definition) is 0. The topological polar surface area (TPSA) is 45.3 Å². The molecule has 2 heterocycles. The van der Waals surface area contributed by atoms with Crippen molar-refractivity contribution in [2.45, 2.75) is 25.8 Å². The van der Waals surface area contributed by atoms with E-state index in [1.54, 1.807) is 26.4 Å². The molecular formula is C25H33N3O3. The Morgan fingerprint density at radius 3 is 2.45 bits per heavy atom. The van der Waals surface area contributed by atoms with Crippen LogP contribution >= 0.6 is 0 Å². The van der Waals surface area contributed by atoms with Crippen LogP contribution in [0.2, 0.25) is 0 Å². The van der Waals surface area contributed by atoms with E-state index in [0.717, 1.165) is 52.1 Å². The predicted molar refractivity (Wildman–Crippen MR) is 123 cm³/mol. The standard InChI is InChI=1S/C25H33N3O3/c1-19-7-4-5-9-23(19)27-15-13-26(14-16-27)20-8-6-12-28(18-20)25(29)22-17-21(30-2)10-11-24(22)31-3/h4-5,7,9-11,17,20H,6,8,12-16,18H2,1-3H3. The zero-order chi connectivity index (χ0) is 21.8. The number of carbonyl (C=O) groups is 1. The summed E-state index contributed by atoms with van der Waals surface area (Å²) in [4.78, 5) is 20.4. The van der Waals surface area contributed by atoms with Crippen molar-refractivity contribution >= 4 is 11.6 Å². The first-order valence-electron chi connectivity index (χ1n) is 11.2. The molecule has 0 radical (unpaired) electrons. The lowest BCUT2D eigenvalue weighted by Gasteiger charge is -2.44. The van der Waals surface area contributed by atoms with Crippen LogP contribution in [0.15, 0.2) is 42.5 Å². The minimum atomic E-state index is 0.0268. The Labute approximate surface area is 185 Å². The molecular weight excluding hydrogens is 390 g/mol. The van der Waals surface area contributed by atoms with Crippen molar-refractivity contribution in [3.8, 4) is 11.5 Å². The van der Waals surface area contributed by atoms with E-state index in [4.69, 9.17) is 9.47 Å². The third-order valence-electron chi connectivity index (χ3n) is 6.61. The number of aryl methyl sites for hydroxylation is 1. The van der Waals surface area contributed by atoms with Gasteiger partial charge < -0.3 is 19.3 Å². The summed E-state index contributed by atoms with van der Waals surface area (Å²) < 4.78 is 10.8. The molecule has 6 nitrogen and oxygen atoms in total. The van der Waals surface area contributed by atoms with Crippen molar-refractivity contribution in [2.24, 2.45) is 0 Å². The molecule has 2 aliphatic heterocycles. The number of likely N-dealkylation sites (tertiary alicyclic amines) is 1. The molecule has 1 atom stereocenters. The molecule has 31 heavy (non-hydrogen) atoms. The van der Waals surface area contributed by atoms with Crippen molar-refractivity contribution in [2.75, 3.05) is 58.4 Å². The molecule has 0 spiro atoms. The number of methoxy groups -OCH3 is 2. The van der Waals surface area contributed by atoms with Gasteiger partial charge in [0.2, 0.25) is 0 Å². The summed E-state index contributed by atoms with van der Waals surface area (Å²) in [5.74, 6) is 1.30. The summed E-state index contributed by atoms with van der Waals surface area (Å²) in [7, 11) is 3.22. The van der Waals surface area contributed by atoms with Gasteiger partial charge in [-0.05, 0) is 49.6 Å². The van der Waals surface area contributed by atoms with Gasteiger partial charge in [0.25, 0.3) is 5.91 Å². The third-order valence-corrected chi connectivity index (χ3v) is 6.61. The number of rotatable bonds is 5. The summed E-state index contributed by atoms with van der Waals surface area (Å²) in [6.45, 7) is 7.85. The first-order valence-corrected chi connectivity index (χ1v) is 11.2. The highest BCUT2D eigenvalue weighted by molar-refractivity contribution is 5.97. The number of piperazine rings is 1. The zero-order valence-electron chi connectivity index (χ0n) is 18.8. The molecule has 2 saturated heterocycles. The van der Waals surface area contributed by atoms with Crippen LogP contribution in [0.5, 0.6) is 11.5 Å². The maximum absolute atomic E-state index is 13.3. The predicted octanol–water partition coefficient (Wildman–Crippen LogP) is 3.44. The molecule has 2 aromatic rings. The first-order chi connectivity index (χ1) is 15.1. The van der Waals surface area contributed by atoms with Gasteiger partial charge in [0, 0.05) is 51.0 Å². The molecule has 2 aliphatic rings. The lowest BCUT2D eigenvalue weighted by Crippen LogP contribution is -2.56. The highest BCUT2D eigenvalue weighted by Crippen LogP contribution is 2.28. The summed E-state index contributed by atoms with van der Waals surface area (Å²) in [5.41, 5.74) is 3.25. The molecule has 0 saturated carbocycles. The Kier molecular flexibility index (Phi) is 6.66. The fourth-order valence-electron chi connectivity index (χ4n) is 4.83. The number of ether oxygens (including phenoxy) is 2. The molecule has 0 aliphatic carbocycles. The largest absolute Gasteiger partial charge is 0.497 e. The number of nitrogens with zero attached hydrogens (tertiary/aromatic N) is 3. The van der Waals surface area contributed by atoms with Crippen molar-refractivity contribution < 1.29 is 14.3 Å². The summed E-state index contributed by atoms with van der Waals surface area (Å²) in [5, 5.41) is 0. The Morgan fingerprint density at radius 2 is 1.74 bits per heavy atom. The lowest BCUT2D eigenvalue weighted by atomic mass is 10.0. The normalized spacial score (nSPS) is 19.9. The molecule has 2 fully saturated rings. The minimum Gasteiger partial charge on any atom is -0.497 e. The minimum absolute atomic E-state index is 0.0268. The molecule has 1 amide bonds. The van der Waals surface area contributed by atoms with Crippen LogP contribution in [0.25, 0.3) is 0 Å². The van der Waals surface area contributed by atoms with E-state index < -0.39 is 0 Å². The third kappa shape index (κ3) is 4.64. The van der Waals surface area contributed by atoms with Crippen LogP contribution in [0.3, 0.4) is 0 Å². The average Bonchev–Trinajstić information content (AvgIpc) is 2.83. The van der Waals surface area contributed by atoms with Crippen LogP contribution in [-0.2, 0) is 0 Å². The Morgan fingerprint density at radius 1 is 0.968 bits per heavy atom. The van der Waals surface area contributed by atoms with Gasteiger partial charge in [-0.25, -0.2) is 0 Å². The van der Waals surface area contributed by atoms with Crippen LogP contribution in [0.4, 0.5) is 5.69 Å². The Bertz CT molecular complexity index is 909. The van der Waals surface area contributed by atoms with E-state index in [0.29, 0.717) is 23.1 Å². The lowest BCUT2D eigenvalue weighted by molar-refractivity contribution is 0.0560. The monoisotopic (exact) mass is 423 g/mol. The van der Waals surface area contributed by atoms with Crippen molar-refractivity contribution in [3.05, 3.63) is 53.6 Å². The second-order valence-electron chi connectivity index (χ2n) is 8.42. The van der Waals surface area contributed by atoms with E-state index in [-0.39, 0.29) is 5.91 Å². The number of anilines is 1. The number of benzene rings is 2. The summed E-state index contributed by atoms with van der Waals surface area (Å²) in [6, 6.07) is 14.4. The molecule has 1 unspecified atom stereocenters. The van der Waals surface area contributed by atoms with Crippen molar-refractivity contribution in [3.63, 3.8) is 0 Å². The summed E-state index contributed by atoms with van der Waals surface area (Å²) in [6.07, 6.45) is 2.17. The summed E-state index contributed by atoms with van der Waals surface area (Å²) >= 11 is 0. The molecule has 2 aromatic carbocycles.